The van der Waals surface area contributed by atoms with Crippen molar-refractivity contribution in [2.45, 2.75) is 52.7 Å². The number of piperidine rings is 1. The Hall–Kier alpha value is -4.29. The molecule has 25 heteroatoms. The summed E-state index contributed by atoms with van der Waals surface area (Å²) >= 11 is 0. The van der Waals surface area contributed by atoms with Crippen molar-refractivity contribution >= 4 is 5.78 Å². The lowest BCUT2D eigenvalue weighted by molar-refractivity contribution is -0.630. The van der Waals surface area contributed by atoms with E-state index in [1.165, 1.54) is 0 Å². The maximum Gasteiger partial charge on any atom is 0.294 e. The Balaban J connectivity index is 2.01. The SMILES string of the molecule is COc1c(O)c2c(c(O)c1OC)C(O)(O)C(O)(CC1(O)C(O)(O)C(O)(O)N(C(O)(O)c3c(O)c(O)c(O)c(O)c3O)C(O)(O)C1(O)O)C2=O. The number of phenols is 7. The molecule has 1 heterocycles. The number of hydrogen-bond acceptors (Lipinski definition) is 25. The molecule has 274 valence electrons. The Labute approximate surface area is 268 Å². The quantitative estimate of drug-likeness (QED) is 0.0750. The molecule has 1 saturated heterocycles. The molecule has 4 rings (SSSR count). The number of aromatic hydroxyl groups is 7. The van der Waals surface area contributed by atoms with E-state index in [-0.39, 0.29) is 0 Å². The first-order chi connectivity index (χ1) is 21.9. The Morgan fingerprint density at radius 2 is 0.959 bits per heavy atom. The Bertz CT molecular complexity index is 1710. The topological polar surface area (TPSA) is 464 Å². The van der Waals surface area contributed by atoms with Crippen LogP contribution in [0, 0.1) is 0 Å². The fraction of sp³-hybridized carbons (Fsp3) is 0.458. The second-order valence-corrected chi connectivity index (χ2v) is 11.1. The molecular formula is C24H29NO24. The summed E-state index contributed by atoms with van der Waals surface area (Å²) in [5.74, 6) is -49.1. The van der Waals surface area contributed by atoms with Gasteiger partial charge in [0.05, 0.1) is 25.3 Å². The predicted molar refractivity (Wildman–Crippen MR) is 139 cm³/mol. The van der Waals surface area contributed by atoms with Crippen molar-refractivity contribution in [2.24, 2.45) is 0 Å². The molecule has 1 atom stereocenters. The van der Waals surface area contributed by atoms with E-state index in [1.54, 1.807) is 0 Å². The van der Waals surface area contributed by atoms with Crippen molar-refractivity contribution in [2.75, 3.05) is 14.2 Å². The van der Waals surface area contributed by atoms with Crippen molar-refractivity contribution in [1.82, 2.24) is 4.90 Å². The number of hydrogen-bond donors (Lipinski definition) is 21. The highest BCUT2D eigenvalue weighted by Crippen LogP contribution is 2.63. The third-order valence-corrected chi connectivity index (χ3v) is 8.54. The van der Waals surface area contributed by atoms with Crippen LogP contribution in [0.25, 0.3) is 0 Å². The van der Waals surface area contributed by atoms with Crippen molar-refractivity contribution in [3.63, 3.8) is 0 Å². The monoisotopic (exact) mass is 715 g/mol. The van der Waals surface area contributed by atoms with E-state index in [0.29, 0.717) is 0 Å². The van der Waals surface area contributed by atoms with Gasteiger partial charge in [-0.05, 0) is 0 Å². The molecule has 1 unspecified atom stereocenters. The predicted octanol–water partition coefficient (Wildman–Crippen LogP) is -8.42. The highest BCUT2D eigenvalue weighted by molar-refractivity contribution is 6.12. The number of nitrogens with zero attached hydrogens (tertiary/aromatic N) is 1. The molecule has 0 spiro atoms. The minimum absolute atomic E-state index is 0.809. The summed E-state index contributed by atoms with van der Waals surface area (Å²) in [4.78, 5) is 11.6. The molecule has 21 N–H and O–H groups in total. The molecule has 0 bridgehead atoms. The molecule has 2 aromatic rings. The molecular weight excluding hydrogens is 686 g/mol. The zero-order chi connectivity index (χ0) is 38.2. The fourth-order valence-electron chi connectivity index (χ4n) is 5.89. The second-order valence-electron chi connectivity index (χ2n) is 11.1. The number of ether oxygens (including phenoxy) is 2. The average Bonchev–Trinajstić information content (AvgIpc) is 3.12. The summed E-state index contributed by atoms with van der Waals surface area (Å²) in [7, 11) is 1.63. The fourth-order valence-corrected chi connectivity index (χ4v) is 5.89. The van der Waals surface area contributed by atoms with Crippen LogP contribution < -0.4 is 9.47 Å². The van der Waals surface area contributed by atoms with Gasteiger partial charge in [0.2, 0.25) is 40.3 Å². The van der Waals surface area contributed by atoms with Gasteiger partial charge in [-0.3, -0.25) is 4.79 Å². The van der Waals surface area contributed by atoms with Crippen LogP contribution in [0.4, 0.5) is 0 Å². The number of benzene rings is 2. The normalized spacial score (nSPS) is 24.8. The molecule has 49 heavy (non-hydrogen) atoms. The van der Waals surface area contributed by atoms with Gasteiger partial charge in [-0.15, -0.1) is 4.90 Å². The maximum atomic E-state index is 13.5. The third-order valence-electron chi connectivity index (χ3n) is 8.54. The van der Waals surface area contributed by atoms with E-state index in [1.807, 2.05) is 0 Å². The molecule has 1 fully saturated rings. The first-order valence-corrected chi connectivity index (χ1v) is 12.8. The number of carbonyl (C=O) groups excluding carboxylic acids is 1. The van der Waals surface area contributed by atoms with Crippen LogP contribution in [0.1, 0.15) is 27.9 Å². The second kappa shape index (κ2) is 10.1. The van der Waals surface area contributed by atoms with E-state index in [0.717, 1.165) is 14.2 Å². The first-order valence-electron chi connectivity index (χ1n) is 12.8. The molecule has 0 aromatic heterocycles. The summed E-state index contributed by atoms with van der Waals surface area (Å²) < 4.78 is 9.51. The van der Waals surface area contributed by atoms with Crippen LogP contribution in [0.3, 0.4) is 0 Å². The number of carbonyl (C=O) groups is 1. The van der Waals surface area contributed by atoms with Gasteiger partial charge in [0.1, 0.15) is 5.56 Å². The minimum Gasteiger partial charge on any atom is -0.504 e. The highest BCUT2D eigenvalue weighted by atomic mass is 16.7. The number of ketones is 1. The lowest BCUT2D eigenvalue weighted by Crippen LogP contribution is -2.95. The van der Waals surface area contributed by atoms with E-state index >= 15 is 0 Å². The van der Waals surface area contributed by atoms with Gasteiger partial charge in [-0.25, -0.2) is 0 Å². The van der Waals surface area contributed by atoms with Crippen LogP contribution >= 0.6 is 0 Å². The first kappa shape index (κ1) is 37.5. The molecule has 1 aliphatic heterocycles. The van der Waals surface area contributed by atoms with E-state index in [4.69, 9.17) is 9.47 Å². The summed E-state index contributed by atoms with van der Waals surface area (Å²) in [6.07, 6.45) is -2.87. The number of methoxy groups -OCH3 is 2. The van der Waals surface area contributed by atoms with Gasteiger partial charge < -0.3 is 117 Å². The molecule has 2 aromatic carbocycles. The van der Waals surface area contributed by atoms with Gasteiger partial charge in [-0.2, -0.15) is 0 Å². The average molecular weight is 715 g/mol. The molecule has 0 amide bonds. The molecule has 2 aliphatic rings. The smallest absolute Gasteiger partial charge is 0.294 e. The number of phenolic OH excluding ortho intramolecular Hbond substituents is 7. The van der Waals surface area contributed by atoms with Crippen molar-refractivity contribution < 1.29 is 122 Å². The summed E-state index contributed by atoms with van der Waals surface area (Å²) in [6.45, 7) is 0. The van der Waals surface area contributed by atoms with Crippen LogP contribution in [0.2, 0.25) is 0 Å². The van der Waals surface area contributed by atoms with Gasteiger partial charge in [0.25, 0.3) is 29.3 Å². The van der Waals surface area contributed by atoms with Gasteiger partial charge in [0.15, 0.2) is 34.2 Å². The zero-order valence-corrected chi connectivity index (χ0v) is 24.3. The van der Waals surface area contributed by atoms with Crippen molar-refractivity contribution in [3.8, 4) is 51.7 Å². The lowest BCUT2D eigenvalue weighted by atomic mass is 9.67. The van der Waals surface area contributed by atoms with E-state index in [2.05, 4.69) is 0 Å². The van der Waals surface area contributed by atoms with Gasteiger partial charge >= 0.3 is 0 Å². The lowest BCUT2D eigenvalue weighted by Gasteiger charge is -2.65. The summed E-state index contributed by atoms with van der Waals surface area (Å²) in [6, 6.07) is 0. The van der Waals surface area contributed by atoms with Crippen LogP contribution in [0.15, 0.2) is 0 Å². The minimum atomic E-state index is -5.54. The van der Waals surface area contributed by atoms with E-state index in [9.17, 15) is 112 Å². The van der Waals surface area contributed by atoms with Crippen LogP contribution in [-0.4, -0.2) is 167 Å². The number of Topliss-reactive ketones (excluding diaryl/α,β-unsaturated/α-hetero) is 1. The standard InChI is InChI=1S/C24H29NO24/c1-48-14-7(26)4-5(10(29)15(14)49-2)19(36,37)17(34,16(4)33)3-18(35)21(40,41)23(44,45)25(24(46,47)22(18,42)43)20(38,39)6-8(27)11(30)13(32)12(31)9(6)28/h26-32,34-47H,3H2,1-2H3. The molecule has 25 nitrogen and oxygen atoms in total. The Kier molecular flexibility index (Phi) is 7.76. The highest BCUT2D eigenvalue weighted by Gasteiger charge is 2.89. The van der Waals surface area contributed by atoms with Crippen LogP contribution in [-0.2, 0) is 11.7 Å². The summed E-state index contributed by atoms with van der Waals surface area (Å²) in [5, 5.41) is 224. The largest absolute Gasteiger partial charge is 0.504 e. The third kappa shape index (κ3) is 3.95. The zero-order valence-electron chi connectivity index (χ0n) is 24.3. The molecule has 1 aliphatic carbocycles. The van der Waals surface area contributed by atoms with Crippen LogP contribution in [0.5, 0.6) is 51.7 Å². The van der Waals surface area contributed by atoms with Crippen molar-refractivity contribution in [1.29, 1.82) is 0 Å². The molecule has 0 saturated carbocycles. The molecule has 0 radical (unpaired) electrons. The van der Waals surface area contributed by atoms with Gasteiger partial charge in [0, 0.05) is 6.42 Å². The van der Waals surface area contributed by atoms with E-state index < -0.39 is 132 Å². The van der Waals surface area contributed by atoms with Gasteiger partial charge in [-0.1, -0.05) is 0 Å². The number of aliphatic hydroxyl groups is 14. The number of fused-ring (bicyclic) bond motifs is 1. The van der Waals surface area contributed by atoms with Crippen molar-refractivity contribution in [3.05, 3.63) is 16.7 Å². The summed E-state index contributed by atoms with van der Waals surface area (Å²) in [5.41, 5.74) is -15.2. The number of rotatable bonds is 6. The number of likely N-dealkylation sites (tertiary alicyclic amines) is 1. The maximum absolute atomic E-state index is 13.5. The Morgan fingerprint density at radius 3 is 1.35 bits per heavy atom. The Morgan fingerprint density at radius 1 is 0.592 bits per heavy atom.